The minimum Gasteiger partial charge on any atom is -0.457 e. The van der Waals surface area contributed by atoms with Gasteiger partial charge in [0.25, 0.3) is 0 Å². The summed E-state index contributed by atoms with van der Waals surface area (Å²) in [6, 6.07) is 9.91. The third-order valence-corrected chi connectivity index (χ3v) is 4.22. The third-order valence-electron chi connectivity index (χ3n) is 4.22. The monoisotopic (exact) mass is 261 g/mol. The summed E-state index contributed by atoms with van der Waals surface area (Å²) in [6.45, 7) is 5.84. The van der Waals surface area contributed by atoms with Crippen molar-refractivity contribution in [1.82, 2.24) is 5.32 Å². The molecule has 0 bridgehead atoms. The average Bonchev–Trinajstić information content (AvgIpc) is 2.48. The zero-order valence-corrected chi connectivity index (χ0v) is 11.8. The number of esters is 1. The molecule has 0 aliphatic carbocycles. The van der Waals surface area contributed by atoms with E-state index >= 15 is 0 Å². The minimum atomic E-state index is -0.283. The molecule has 1 fully saturated rings. The maximum absolute atomic E-state index is 12.5. The molecule has 3 nitrogen and oxygen atoms in total. The predicted molar refractivity (Wildman–Crippen MR) is 75.8 cm³/mol. The minimum absolute atomic E-state index is 0.0344. The van der Waals surface area contributed by atoms with E-state index in [1.165, 1.54) is 0 Å². The molecule has 1 saturated heterocycles. The van der Waals surface area contributed by atoms with Crippen LogP contribution >= 0.6 is 0 Å². The summed E-state index contributed by atoms with van der Waals surface area (Å²) in [7, 11) is 0. The van der Waals surface area contributed by atoms with Gasteiger partial charge in [-0.3, -0.25) is 4.79 Å². The standard InChI is InChI=1S/C16H23NO2/c1-3-16(9-11-17-12-10-16)15(18)19-13(2)14-7-5-4-6-8-14/h4-8,13,17H,3,9-12H2,1-2H3. The number of piperidine rings is 1. The second-order valence-corrected chi connectivity index (χ2v) is 5.34. The van der Waals surface area contributed by atoms with E-state index in [1.807, 2.05) is 37.3 Å². The van der Waals surface area contributed by atoms with Gasteiger partial charge < -0.3 is 10.1 Å². The van der Waals surface area contributed by atoms with Crippen LogP contribution < -0.4 is 5.32 Å². The van der Waals surface area contributed by atoms with E-state index in [0.717, 1.165) is 37.9 Å². The summed E-state index contributed by atoms with van der Waals surface area (Å²) in [5, 5.41) is 3.31. The SMILES string of the molecule is CCC1(C(=O)OC(C)c2ccccc2)CCNCC1. The van der Waals surface area contributed by atoms with Crippen LogP contribution in [-0.2, 0) is 9.53 Å². The predicted octanol–water partition coefficient (Wildman–Crippen LogP) is 3.07. The Bertz CT molecular complexity index is 410. The molecule has 1 atom stereocenters. The lowest BCUT2D eigenvalue weighted by Crippen LogP contribution is -2.42. The number of nitrogens with one attached hydrogen (secondary N) is 1. The zero-order chi connectivity index (χ0) is 13.7. The topological polar surface area (TPSA) is 38.3 Å². The lowest BCUT2D eigenvalue weighted by molar-refractivity contribution is -0.163. The highest BCUT2D eigenvalue weighted by molar-refractivity contribution is 5.77. The van der Waals surface area contributed by atoms with Crippen molar-refractivity contribution < 1.29 is 9.53 Å². The van der Waals surface area contributed by atoms with Crippen molar-refractivity contribution in [3.8, 4) is 0 Å². The van der Waals surface area contributed by atoms with Crippen molar-refractivity contribution in [3.63, 3.8) is 0 Å². The molecule has 104 valence electrons. The Morgan fingerprint density at radius 1 is 1.32 bits per heavy atom. The van der Waals surface area contributed by atoms with Crippen LogP contribution in [0.1, 0.15) is 44.8 Å². The van der Waals surface area contributed by atoms with Gasteiger partial charge in [-0.15, -0.1) is 0 Å². The highest BCUT2D eigenvalue weighted by Crippen LogP contribution is 2.35. The quantitative estimate of drug-likeness (QED) is 0.846. The number of hydrogen-bond donors (Lipinski definition) is 1. The van der Waals surface area contributed by atoms with Crippen molar-refractivity contribution >= 4 is 5.97 Å². The first-order valence-corrected chi connectivity index (χ1v) is 7.15. The first-order valence-electron chi connectivity index (χ1n) is 7.15. The Labute approximate surface area is 115 Å². The lowest BCUT2D eigenvalue weighted by Gasteiger charge is -2.35. The molecule has 19 heavy (non-hydrogen) atoms. The number of benzene rings is 1. The summed E-state index contributed by atoms with van der Waals surface area (Å²) >= 11 is 0. The van der Waals surface area contributed by atoms with Gasteiger partial charge in [0.15, 0.2) is 0 Å². The highest BCUT2D eigenvalue weighted by Gasteiger charge is 2.39. The second-order valence-electron chi connectivity index (χ2n) is 5.34. The molecular formula is C16H23NO2. The van der Waals surface area contributed by atoms with Crippen molar-refractivity contribution in [1.29, 1.82) is 0 Å². The first kappa shape index (κ1) is 14.1. The molecule has 0 spiro atoms. The number of ether oxygens (including phenoxy) is 1. The molecule has 0 aromatic heterocycles. The fraction of sp³-hybridized carbons (Fsp3) is 0.562. The van der Waals surface area contributed by atoms with Crippen LogP contribution in [0, 0.1) is 5.41 Å². The molecule has 0 amide bonds. The van der Waals surface area contributed by atoms with E-state index in [2.05, 4.69) is 12.2 Å². The van der Waals surface area contributed by atoms with Crippen molar-refractivity contribution in [2.24, 2.45) is 5.41 Å². The van der Waals surface area contributed by atoms with Crippen LogP contribution in [0.15, 0.2) is 30.3 Å². The van der Waals surface area contributed by atoms with Gasteiger partial charge in [0.1, 0.15) is 6.10 Å². The summed E-state index contributed by atoms with van der Waals surface area (Å²) in [4.78, 5) is 12.5. The van der Waals surface area contributed by atoms with Gasteiger partial charge in [-0.25, -0.2) is 0 Å². The smallest absolute Gasteiger partial charge is 0.312 e. The van der Waals surface area contributed by atoms with Crippen LogP contribution in [0.3, 0.4) is 0 Å². The van der Waals surface area contributed by atoms with Gasteiger partial charge in [0, 0.05) is 0 Å². The maximum Gasteiger partial charge on any atom is 0.312 e. The normalized spacial score (nSPS) is 19.7. The number of carbonyl (C=O) groups excluding carboxylic acids is 1. The van der Waals surface area contributed by atoms with E-state index in [0.29, 0.717) is 0 Å². The van der Waals surface area contributed by atoms with E-state index in [9.17, 15) is 4.79 Å². The van der Waals surface area contributed by atoms with Crippen molar-refractivity contribution in [3.05, 3.63) is 35.9 Å². The van der Waals surface area contributed by atoms with Crippen molar-refractivity contribution in [2.75, 3.05) is 13.1 Å². The zero-order valence-electron chi connectivity index (χ0n) is 11.8. The molecule has 1 unspecified atom stereocenters. The van der Waals surface area contributed by atoms with Crippen LogP contribution in [0.4, 0.5) is 0 Å². The molecule has 1 aliphatic rings. The van der Waals surface area contributed by atoms with E-state index in [-0.39, 0.29) is 17.5 Å². The maximum atomic E-state index is 12.5. The van der Waals surface area contributed by atoms with Gasteiger partial charge in [-0.05, 0) is 44.8 Å². The highest BCUT2D eigenvalue weighted by atomic mass is 16.5. The van der Waals surface area contributed by atoms with Crippen LogP contribution in [-0.4, -0.2) is 19.1 Å². The van der Waals surface area contributed by atoms with Crippen LogP contribution in [0.2, 0.25) is 0 Å². The molecule has 2 rings (SSSR count). The molecule has 1 aliphatic heterocycles. The van der Waals surface area contributed by atoms with Gasteiger partial charge in [0.05, 0.1) is 5.41 Å². The Balaban J connectivity index is 2.03. The number of rotatable bonds is 4. The molecule has 0 radical (unpaired) electrons. The summed E-state index contributed by atoms with van der Waals surface area (Å²) < 4.78 is 5.70. The Morgan fingerprint density at radius 2 is 1.95 bits per heavy atom. The third kappa shape index (κ3) is 3.16. The largest absolute Gasteiger partial charge is 0.457 e. The molecule has 1 N–H and O–H groups in total. The number of hydrogen-bond acceptors (Lipinski definition) is 3. The summed E-state index contributed by atoms with van der Waals surface area (Å²) in [6.07, 6.45) is 2.44. The molecule has 1 aromatic carbocycles. The summed E-state index contributed by atoms with van der Waals surface area (Å²) in [5.74, 6) is -0.0344. The van der Waals surface area contributed by atoms with Crippen LogP contribution in [0.5, 0.6) is 0 Å². The fourth-order valence-electron chi connectivity index (χ4n) is 2.69. The van der Waals surface area contributed by atoms with E-state index in [4.69, 9.17) is 4.74 Å². The van der Waals surface area contributed by atoms with E-state index < -0.39 is 0 Å². The summed E-state index contributed by atoms with van der Waals surface area (Å²) in [5.41, 5.74) is 0.768. The van der Waals surface area contributed by atoms with Gasteiger partial charge in [-0.1, -0.05) is 37.3 Å². The Hall–Kier alpha value is -1.35. The molecule has 0 saturated carbocycles. The first-order chi connectivity index (χ1) is 9.18. The van der Waals surface area contributed by atoms with Crippen molar-refractivity contribution in [2.45, 2.75) is 39.2 Å². The second kappa shape index (κ2) is 6.20. The van der Waals surface area contributed by atoms with Gasteiger partial charge in [0.2, 0.25) is 0 Å². The molecular weight excluding hydrogens is 238 g/mol. The lowest BCUT2D eigenvalue weighted by atomic mass is 9.77. The Morgan fingerprint density at radius 3 is 2.53 bits per heavy atom. The van der Waals surface area contributed by atoms with E-state index in [1.54, 1.807) is 0 Å². The van der Waals surface area contributed by atoms with Gasteiger partial charge >= 0.3 is 5.97 Å². The number of carbonyl (C=O) groups is 1. The van der Waals surface area contributed by atoms with Crippen LogP contribution in [0.25, 0.3) is 0 Å². The molecule has 1 heterocycles. The molecule has 1 aromatic rings. The Kier molecular flexibility index (Phi) is 4.59. The fourth-order valence-corrected chi connectivity index (χ4v) is 2.69. The van der Waals surface area contributed by atoms with Gasteiger partial charge in [-0.2, -0.15) is 0 Å². The molecule has 3 heteroatoms. The average molecular weight is 261 g/mol.